The van der Waals surface area contributed by atoms with Gasteiger partial charge < -0.3 is 9.16 Å². The van der Waals surface area contributed by atoms with E-state index in [1.54, 1.807) is 12.1 Å². The van der Waals surface area contributed by atoms with Gasteiger partial charge in [-0.3, -0.25) is 10.1 Å². The van der Waals surface area contributed by atoms with Crippen molar-refractivity contribution >= 4 is 27.6 Å². The molecule has 0 aliphatic heterocycles. The maximum atomic E-state index is 10.7. The molecule has 0 atom stereocenters. The highest BCUT2D eigenvalue weighted by Crippen LogP contribution is 2.17. The molecule has 2 aromatic rings. The van der Waals surface area contributed by atoms with E-state index >= 15 is 0 Å². The summed E-state index contributed by atoms with van der Waals surface area (Å²) in [5.74, 6) is 0.862. The van der Waals surface area contributed by atoms with E-state index in [2.05, 4.69) is 20.8 Å². The topological polar surface area (TPSA) is 61.6 Å². The summed E-state index contributed by atoms with van der Waals surface area (Å²) in [5.41, 5.74) is 2.04. The van der Waals surface area contributed by atoms with Crippen molar-refractivity contribution in [2.75, 3.05) is 6.61 Å². The summed E-state index contributed by atoms with van der Waals surface area (Å²) < 4.78 is 11.6. The molecule has 2 rings (SSSR count). The second-order valence-electron chi connectivity index (χ2n) is 7.27. The Kier molecular flexibility index (Phi) is 7.76. The van der Waals surface area contributed by atoms with E-state index in [9.17, 15) is 10.1 Å². The van der Waals surface area contributed by atoms with Crippen LogP contribution in [0.1, 0.15) is 38.3 Å². The zero-order chi connectivity index (χ0) is 19.7. The number of nitro groups is 1. The van der Waals surface area contributed by atoms with Gasteiger partial charge in [0.2, 0.25) is 0 Å². The first-order valence-electron chi connectivity index (χ1n) is 9.13. The van der Waals surface area contributed by atoms with Crippen molar-refractivity contribution in [2.45, 2.75) is 38.8 Å². The molecule has 2 aromatic carbocycles. The number of hydrogen-bond donors (Lipinski definition) is 0. The van der Waals surface area contributed by atoms with E-state index in [1.165, 1.54) is 12.1 Å². The van der Waals surface area contributed by atoms with Crippen LogP contribution in [-0.2, 0) is 4.43 Å². The molecule has 0 N–H and O–H groups in total. The van der Waals surface area contributed by atoms with Gasteiger partial charge in [0.1, 0.15) is 5.75 Å². The summed E-state index contributed by atoms with van der Waals surface area (Å²) in [6.45, 7) is 6.98. The lowest BCUT2D eigenvalue weighted by Crippen LogP contribution is -2.21. The highest BCUT2D eigenvalue weighted by atomic mass is 28.2. The van der Waals surface area contributed by atoms with Gasteiger partial charge in [-0.2, -0.15) is 0 Å². The average molecular weight is 386 g/mol. The van der Waals surface area contributed by atoms with Crippen molar-refractivity contribution in [3.05, 3.63) is 69.8 Å². The van der Waals surface area contributed by atoms with Gasteiger partial charge in [0.05, 0.1) is 11.5 Å². The predicted octanol–water partition coefficient (Wildman–Crippen LogP) is 4.85. The first-order chi connectivity index (χ1) is 12.8. The minimum Gasteiger partial charge on any atom is -0.494 e. The van der Waals surface area contributed by atoms with Crippen molar-refractivity contribution < 1.29 is 14.1 Å². The van der Waals surface area contributed by atoms with Crippen molar-refractivity contribution in [1.82, 2.24) is 0 Å². The lowest BCUT2D eigenvalue weighted by atomic mass is 10.1. The van der Waals surface area contributed by atoms with Gasteiger partial charge >= 0.3 is 0 Å². The monoisotopic (exact) mass is 385 g/mol. The standard InChI is InChI=1S/C21H27NO4Si/c1-21(2,3)26-27-16-4-15-25-20-13-9-18(10-14-20)6-5-17-7-11-19(12-8-17)22(23)24/h5-14H,4,15-16,27H2,1-3H3. The van der Waals surface area contributed by atoms with Gasteiger partial charge in [0.25, 0.3) is 5.69 Å². The van der Waals surface area contributed by atoms with Crippen LogP contribution in [0, 0.1) is 10.1 Å². The second-order valence-corrected chi connectivity index (χ2v) is 8.67. The molecule has 6 heteroatoms. The Hall–Kier alpha value is -2.44. The maximum Gasteiger partial charge on any atom is 0.269 e. The van der Waals surface area contributed by atoms with Gasteiger partial charge in [-0.25, -0.2) is 0 Å². The zero-order valence-corrected chi connectivity index (χ0v) is 17.6. The Labute approximate surface area is 163 Å². The highest BCUT2D eigenvalue weighted by Gasteiger charge is 2.08. The number of non-ortho nitro benzene ring substituents is 1. The van der Waals surface area contributed by atoms with Gasteiger partial charge in [0, 0.05) is 17.7 Å². The molecule has 5 nitrogen and oxygen atoms in total. The van der Waals surface area contributed by atoms with Crippen LogP contribution in [0.3, 0.4) is 0 Å². The van der Waals surface area contributed by atoms with Crippen LogP contribution in [0.4, 0.5) is 5.69 Å². The third-order valence-corrected chi connectivity index (χ3v) is 5.65. The van der Waals surface area contributed by atoms with E-state index in [0.717, 1.165) is 29.3 Å². The maximum absolute atomic E-state index is 10.7. The average Bonchev–Trinajstić information content (AvgIpc) is 2.63. The van der Waals surface area contributed by atoms with Crippen LogP contribution < -0.4 is 4.74 Å². The lowest BCUT2D eigenvalue weighted by molar-refractivity contribution is -0.384. The highest BCUT2D eigenvalue weighted by molar-refractivity contribution is 6.27. The molecule has 0 heterocycles. The quantitative estimate of drug-likeness (QED) is 0.203. The van der Waals surface area contributed by atoms with Gasteiger partial charge in [-0.15, -0.1) is 0 Å². The largest absolute Gasteiger partial charge is 0.494 e. The number of rotatable bonds is 9. The van der Waals surface area contributed by atoms with Crippen LogP contribution in [0.15, 0.2) is 48.5 Å². The molecule has 0 aliphatic rings. The van der Waals surface area contributed by atoms with Crippen molar-refractivity contribution in [3.63, 3.8) is 0 Å². The fourth-order valence-electron chi connectivity index (χ4n) is 2.35. The van der Waals surface area contributed by atoms with E-state index in [4.69, 9.17) is 9.16 Å². The molecule has 27 heavy (non-hydrogen) atoms. The molecule has 0 saturated heterocycles. The number of nitrogens with zero attached hydrogens (tertiary/aromatic N) is 1. The van der Waals surface area contributed by atoms with Crippen molar-refractivity contribution in [2.24, 2.45) is 0 Å². The molecule has 0 bridgehead atoms. The Morgan fingerprint density at radius 1 is 1.00 bits per heavy atom. The van der Waals surface area contributed by atoms with Crippen LogP contribution in [0.2, 0.25) is 6.04 Å². The van der Waals surface area contributed by atoms with Gasteiger partial charge in [0.15, 0.2) is 9.76 Å². The number of benzene rings is 2. The Morgan fingerprint density at radius 3 is 2.07 bits per heavy atom. The summed E-state index contributed by atoms with van der Waals surface area (Å²) in [6, 6.07) is 15.5. The summed E-state index contributed by atoms with van der Waals surface area (Å²) in [4.78, 5) is 10.3. The number of ether oxygens (including phenoxy) is 1. The molecule has 0 aliphatic carbocycles. The van der Waals surface area contributed by atoms with E-state index in [0.29, 0.717) is 6.61 Å². The zero-order valence-electron chi connectivity index (χ0n) is 16.2. The summed E-state index contributed by atoms with van der Waals surface area (Å²) >= 11 is 0. The van der Waals surface area contributed by atoms with Gasteiger partial charge in [-0.1, -0.05) is 24.3 Å². The normalized spacial score (nSPS) is 12.1. The fourth-order valence-corrected chi connectivity index (χ4v) is 3.51. The van der Waals surface area contributed by atoms with E-state index in [-0.39, 0.29) is 11.3 Å². The molecular formula is C21H27NO4Si. The lowest BCUT2D eigenvalue weighted by Gasteiger charge is -2.19. The summed E-state index contributed by atoms with van der Waals surface area (Å²) in [7, 11) is -0.466. The minimum atomic E-state index is -0.466. The summed E-state index contributed by atoms with van der Waals surface area (Å²) in [6.07, 6.45) is 4.92. The predicted molar refractivity (Wildman–Crippen MR) is 113 cm³/mol. The summed E-state index contributed by atoms with van der Waals surface area (Å²) in [5, 5.41) is 10.7. The molecule has 144 valence electrons. The molecule has 0 spiro atoms. The third-order valence-electron chi connectivity index (χ3n) is 3.79. The molecule has 0 unspecified atom stereocenters. The molecule has 0 aromatic heterocycles. The van der Waals surface area contributed by atoms with Crippen LogP contribution in [0.5, 0.6) is 5.75 Å². The number of hydrogen-bond acceptors (Lipinski definition) is 4. The number of nitro benzene ring substituents is 1. The van der Waals surface area contributed by atoms with Crippen LogP contribution >= 0.6 is 0 Å². The Morgan fingerprint density at radius 2 is 1.56 bits per heavy atom. The molecule has 0 fully saturated rings. The Balaban J connectivity index is 1.75. The van der Waals surface area contributed by atoms with Crippen LogP contribution in [-0.4, -0.2) is 26.9 Å². The first-order valence-corrected chi connectivity index (χ1v) is 10.7. The SMILES string of the molecule is CC(C)(C)O[SiH2]CCCOc1ccc(C=Cc2ccc([N+](=O)[O-])cc2)cc1. The third kappa shape index (κ3) is 8.19. The molecular weight excluding hydrogens is 358 g/mol. The molecule has 0 radical (unpaired) electrons. The Bertz CT molecular complexity index is 749. The van der Waals surface area contributed by atoms with E-state index < -0.39 is 14.7 Å². The minimum absolute atomic E-state index is 0.0229. The van der Waals surface area contributed by atoms with Crippen LogP contribution in [0.25, 0.3) is 12.2 Å². The fraction of sp³-hybridized carbons (Fsp3) is 0.333. The smallest absolute Gasteiger partial charge is 0.269 e. The van der Waals surface area contributed by atoms with Crippen molar-refractivity contribution in [3.8, 4) is 5.75 Å². The van der Waals surface area contributed by atoms with Crippen molar-refractivity contribution in [1.29, 1.82) is 0 Å². The second kappa shape index (κ2) is 10.0. The molecule has 0 saturated carbocycles. The molecule has 0 amide bonds. The first kappa shape index (κ1) is 20.9. The van der Waals surface area contributed by atoms with Gasteiger partial charge in [-0.05, 0) is 68.6 Å². The van der Waals surface area contributed by atoms with E-state index in [1.807, 2.05) is 36.4 Å².